The Morgan fingerprint density at radius 3 is 3.00 bits per heavy atom. The summed E-state index contributed by atoms with van der Waals surface area (Å²) in [6.45, 7) is 1.92. The Morgan fingerprint density at radius 2 is 2.27 bits per heavy atom. The second kappa shape index (κ2) is 4.06. The van der Waals surface area contributed by atoms with Gasteiger partial charge >= 0.3 is 0 Å². The minimum absolute atomic E-state index is 0.00581. The van der Waals surface area contributed by atoms with Crippen LogP contribution in [0.1, 0.15) is 17.7 Å². The van der Waals surface area contributed by atoms with E-state index in [1.165, 1.54) is 11.8 Å². The lowest BCUT2D eigenvalue weighted by atomic mass is 10.1. The van der Waals surface area contributed by atoms with Crippen molar-refractivity contribution in [2.45, 2.75) is 12.2 Å². The summed E-state index contributed by atoms with van der Waals surface area (Å²) in [4.78, 5) is 14.8. The maximum atomic E-state index is 10.4. The molecule has 78 valence electrons. The fourth-order valence-corrected chi connectivity index (χ4v) is 2.62. The third-order valence-electron chi connectivity index (χ3n) is 2.26. The zero-order valence-electron chi connectivity index (χ0n) is 8.27. The summed E-state index contributed by atoms with van der Waals surface area (Å²) in [5.41, 5.74) is 3.01. The Bertz CT molecular complexity index is 428. The highest BCUT2D eigenvalue weighted by Crippen LogP contribution is 2.41. The fraction of sp³-hybridized carbons (Fsp3) is 0.273. The van der Waals surface area contributed by atoms with Gasteiger partial charge in [-0.25, -0.2) is 0 Å². The number of rotatable bonds is 3. The van der Waals surface area contributed by atoms with Gasteiger partial charge in [-0.3, -0.25) is 4.99 Å². The van der Waals surface area contributed by atoms with Crippen molar-refractivity contribution < 1.29 is 9.90 Å². The van der Waals surface area contributed by atoms with E-state index in [0.29, 0.717) is 0 Å². The smallest absolute Gasteiger partial charge is 0.0702 e. The lowest BCUT2D eigenvalue weighted by molar-refractivity contribution is -0.301. The normalized spacial score (nSPS) is 18.5. The molecule has 0 N–H and O–H groups in total. The van der Waals surface area contributed by atoms with E-state index >= 15 is 0 Å². The zero-order chi connectivity index (χ0) is 10.8. The molecule has 1 aromatic rings. The van der Waals surface area contributed by atoms with Gasteiger partial charge in [-0.15, -0.1) is 11.8 Å². The molecule has 1 aromatic carbocycles. The number of carboxylic acids is 1. The molecule has 2 rings (SSSR count). The van der Waals surface area contributed by atoms with Gasteiger partial charge in [-0.2, -0.15) is 0 Å². The molecular weight excluding hydrogens is 210 g/mol. The van der Waals surface area contributed by atoms with Crippen molar-refractivity contribution in [1.82, 2.24) is 0 Å². The van der Waals surface area contributed by atoms with Gasteiger partial charge < -0.3 is 9.90 Å². The average Bonchev–Trinajstić information content (AvgIpc) is 2.50. The number of carbonyl (C=O) groups excluding carboxylic acids is 1. The second-order valence-corrected chi connectivity index (χ2v) is 4.47. The van der Waals surface area contributed by atoms with Crippen LogP contribution in [0.2, 0.25) is 0 Å². The number of nitrogens with zero attached hydrogens (tertiary/aromatic N) is 1. The summed E-state index contributed by atoms with van der Waals surface area (Å²) in [5, 5.41) is 10.5. The highest BCUT2D eigenvalue weighted by Gasteiger charge is 2.23. The molecule has 0 saturated carbocycles. The maximum Gasteiger partial charge on any atom is 0.0702 e. The topological polar surface area (TPSA) is 52.5 Å². The number of hydrogen-bond donors (Lipinski definition) is 0. The number of carbonyl (C=O) groups is 1. The van der Waals surface area contributed by atoms with Crippen molar-refractivity contribution in [1.29, 1.82) is 0 Å². The van der Waals surface area contributed by atoms with Crippen LogP contribution >= 0.6 is 11.8 Å². The molecule has 1 heterocycles. The summed E-state index contributed by atoms with van der Waals surface area (Å²) < 4.78 is 0. The number of benzene rings is 1. The number of hydrogen-bond acceptors (Lipinski definition) is 4. The molecule has 0 aliphatic carbocycles. The number of aliphatic carboxylic acids is 1. The van der Waals surface area contributed by atoms with Crippen LogP contribution in [-0.4, -0.2) is 17.4 Å². The molecule has 0 spiro atoms. The van der Waals surface area contributed by atoms with Gasteiger partial charge in [-0.05, 0) is 18.6 Å². The first-order valence-electron chi connectivity index (χ1n) is 4.64. The van der Waals surface area contributed by atoms with Gasteiger partial charge in [-0.1, -0.05) is 18.2 Å². The van der Waals surface area contributed by atoms with E-state index in [9.17, 15) is 9.90 Å². The highest BCUT2D eigenvalue weighted by atomic mass is 32.2. The van der Waals surface area contributed by atoms with Crippen molar-refractivity contribution in [3.8, 4) is 0 Å². The first kappa shape index (κ1) is 10.2. The largest absolute Gasteiger partial charge is 0.549 e. The fourth-order valence-electron chi connectivity index (χ4n) is 1.65. The highest BCUT2D eigenvalue weighted by molar-refractivity contribution is 8.00. The minimum Gasteiger partial charge on any atom is -0.549 e. The van der Waals surface area contributed by atoms with Crippen LogP contribution in [0, 0.1) is 0 Å². The number of aliphatic imine (C=N–C) groups is 1. The molecule has 0 unspecified atom stereocenters. The quantitative estimate of drug-likeness (QED) is 0.772. The second-order valence-electron chi connectivity index (χ2n) is 3.38. The van der Waals surface area contributed by atoms with E-state index in [1.807, 2.05) is 31.2 Å². The van der Waals surface area contributed by atoms with Crippen molar-refractivity contribution >= 4 is 29.1 Å². The first-order valence-corrected chi connectivity index (χ1v) is 5.69. The predicted molar refractivity (Wildman–Crippen MR) is 59.4 cm³/mol. The van der Waals surface area contributed by atoms with Gasteiger partial charge in [0.1, 0.15) is 0 Å². The molecule has 0 fully saturated rings. The van der Waals surface area contributed by atoms with Crippen LogP contribution in [0.5, 0.6) is 0 Å². The molecule has 1 aliphatic heterocycles. The van der Waals surface area contributed by atoms with Crippen LogP contribution in [-0.2, 0) is 4.79 Å². The Kier molecular flexibility index (Phi) is 2.77. The van der Waals surface area contributed by atoms with Gasteiger partial charge in [0, 0.05) is 11.5 Å². The third-order valence-corrected chi connectivity index (χ3v) is 3.59. The van der Waals surface area contributed by atoms with Gasteiger partial charge in [0.15, 0.2) is 0 Å². The lowest BCUT2D eigenvalue weighted by Crippen LogP contribution is -2.25. The van der Waals surface area contributed by atoms with Crippen molar-refractivity contribution in [2.75, 3.05) is 5.75 Å². The minimum atomic E-state index is -1.03. The molecule has 15 heavy (non-hydrogen) atoms. The molecular formula is C11H10NO2S-. The number of fused-ring (bicyclic) bond motifs is 1. The molecule has 0 radical (unpaired) electrons. The third kappa shape index (κ3) is 2.04. The van der Waals surface area contributed by atoms with Crippen LogP contribution in [0.25, 0.3) is 0 Å². The summed E-state index contributed by atoms with van der Waals surface area (Å²) >= 11 is 1.35. The lowest BCUT2D eigenvalue weighted by Gasteiger charge is -2.12. The van der Waals surface area contributed by atoms with Crippen LogP contribution in [0.15, 0.2) is 29.3 Å². The van der Waals surface area contributed by atoms with Crippen LogP contribution in [0.4, 0.5) is 5.69 Å². The summed E-state index contributed by atoms with van der Waals surface area (Å²) in [6, 6.07) is 7.81. The standard InChI is InChI=1S/C11H11NO2S/c1-7-11(15-6-10(13)14)8-4-2-3-5-9(8)12-7/h2-5,11H,6H2,1H3,(H,13,14)/p-1/t11-/m1/s1. The van der Waals surface area contributed by atoms with E-state index in [-0.39, 0.29) is 11.0 Å². The summed E-state index contributed by atoms with van der Waals surface area (Å²) in [7, 11) is 0. The van der Waals surface area contributed by atoms with Crippen molar-refractivity contribution in [3.63, 3.8) is 0 Å². The van der Waals surface area contributed by atoms with E-state index in [0.717, 1.165) is 17.0 Å². The molecule has 0 saturated heterocycles. The predicted octanol–water partition coefficient (Wildman–Crippen LogP) is 1.32. The molecule has 4 heteroatoms. The molecule has 1 aliphatic rings. The SMILES string of the molecule is CC1=Nc2ccccc2[C@@H]1SCC(=O)[O-]. The maximum absolute atomic E-state index is 10.4. The molecule has 1 atom stereocenters. The van der Waals surface area contributed by atoms with Gasteiger partial charge in [0.05, 0.1) is 16.9 Å². The Hall–Kier alpha value is -1.29. The monoisotopic (exact) mass is 220 g/mol. The van der Waals surface area contributed by atoms with Crippen LogP contribution < -0.4 is 5.11 Å². The van der Waals surface area contributed by atoms with Gasteiger partial charge in [0.2, 0.25) is 0 Å². The molecule has 3 nitrogen and oxygen atoms in total. The van der Waals surface area contributed by atoms with Gasteiger partial charge in [0.25, 0.3) is 0 Å². The zero-order valence-corrected chi connectivity index (χ0v) is 9.08. The Morgan fingerprint density at radius 1 is 1.53 bits per heavy atom. The molecule has 0 amide bonds. The van der Waals surface area contributed by atoms with E-state index < -0.39 is 5.97 Å². The summed E-state index contributed by atoms with van der Waals surface area (Å²) in [6.07, 6.45) is 0. The molecule has 0 bridgehead atoms. The number of thioether (sulfide) groups is 1. The number of para-hydroxylation sites is 1. The van der Waals surface area contributed by atoms with E-state index in [1.54, 1.807) is 0 Å². The van der Waals surface area contributed by atoms with E-state index in [4.69, 9.17) is 0 Å². The average molecular weight is 220 g/mol. The van der Waals surface area contributed by atoms with E-state index in [2.05, 4.69) is 4.99 Å². The first-order chi connectivity index (χ1) is 7.18. The summed E-state index contributed by atoms with van der Waals surface area (Å²) in [5.74, 6) is -1.02. The van der Waals surface area contributed by atoms with Crippen molar-refractivity contribution in [2.24, 2.45) is 4.99 Å². The van der Waals surface area contributed by atoms with Crippen molar-refractivity contribution in [3.05, 3.63) is 29.8 Å². The Labute approximate surface area is 92.2 Å². The number of carboxylic acid groups (broad SMARTS) is 1. The molecule has 0 aromatic heterocycles. The van der Waals surface area contributed by atoms with Crippen LogP contribution in [0.3, 0.4) is 0 Å². The Balaban J connectivity index is 2.20.